The van der Waals surface area contributed by atoms with Crippen molar-refractivity contribution < 1.29 is 22.4 Å². The summed E-state index contributed by atoms with van der Waals surface area (Å²) in [6, 6.07) is 2.90. The van der Waals surface area contributed by atoms with Gasteiger partial charge in [0.2, 0.25) is 5.76 Å². The molecular formula is C20H21ClF3N3O2. The van der Waals surface area contributed by atoms with Crippen molar-refractivity contribution >= 4 is 28.5 Å². The lowest BCUT2D eigenvalue weighted by atomic mass is 10.0. The Kier molecular flexibility index (Phi) is 4.72. The van der Waals surface area contributed by atoms with Gasteiger partial charge in [-0.05, 0) is 50.3 Å². The van der Waals surface area contributed by atoms with E-state index in [2.05, 4.69) is 12.0 Å². The van der Waals surface area contributed by atoms with Crippen molar-refractivity contribution in [3.63, 3.8) is 0 Å². The molecule has 1 amide bonds. The summed E-state index contributed by atoms with van der Waals surface area (Å²) in [6.45, 7) is 8.74. The molecule has 1 N–H and O–H groups in total. The van der Waals surface area contributed by atoms with Gasteiger partial charge in [-0.1, -0.05) is 18.2 Å². The number of nitrogens with one attached hydrogen (secondary N) is 1. The van der Waals surface area contributed by atoms with Crippen LogP contribution in [-0.2, 0) is 6.18 Å². The fourth-order valence-corrected chi connectivity index (χ4v) is 3.92. The maximum atomic E-state index is 13.6. The highest BCUT2D eigenvalue weighted by Gasteiger charge is 2.39. The molecule has 0 bridgehead atoms. The first-order valence-electron chi connectivity index (χ1n) is 9.45. The predicted molar refractivity (Wildman–Crippen MR) is 103 cm³/mol. The molecule has 4 rings (SSSR count). The summed E-state index contributed by atoms with van der Waals surface area (Å²) in [5, 5.41) is 1.28. The number of halogens is 4. The van der Waals surface area contributed by atoms with E-state index in [0.29, 0.717) is 24.5 Å². The average molecular weight is 428 g/mol. The van der Waals surface area contributed by atoms with E-state index in [9.17, 15) is 18.0 Å². The van der Waals surface area contributed by atoms with Crippen molar-refractivity contribution in [2.45, 2.75) is 44.8 Å². The third kappa shape index (κ3) is 3.54. The molecule has 0 unspecified atom stereocenters. The van der Waals surface area contributed by atoms with Crippen molar-refractivity contribution in [3.05, 3.63) is 46.4 Å². The predicted octanol–water partition coefficient (Wildman–Crippen LogP) is 5.12. The molecule has 2 aromatic rings. The lowest BCUT2D eigenvalue weighted by molar-refractivity contribution is -0.136. The van der Waals surface area contributed by atoms with E-state index in [1.165, 1.54) is 5.01 Å². The second-order valence-electron chi connectivity index (χ2n) is 7.76. The number of rotatable bonds is 3. The minimum absolute atomic E-state index is 0.0970. The Balaban J connectivity index is 1.72. The van der Waals surface area contributed by atoms with E-state index in [1.807, 2.05) is 18.7 Å². The first-order chi connectivity index (χ1) is 13.6. The number of carbonyl (C=O) groups is 1. The molecule has 156 valence electrons. The Morgan fingerprint density at radius 3 is 2.55 bits per heavy atom. The molecule has 9 heteroatoms. The third-order valence-corrected chi connectivity index (χ3v) is 5.72. The summed E-state index contributed by atoms with van der Waals surface area (Å²) in [5.74, 6) is -0.311. The number of hydrogen-bond donors (Lipinski definition) is 1. The minimum atomic E-state index is -4.61. The number of nitrogens with zero attached hydrogens (tertiary/aromatic N) is 2. The highest BCUT2D eigenvalue weighted by molar-refractivity contribution is 6.38. The summed E-state index contributed by atoms with van der Waals surface area (Å²) in [6.07, 6.45) is -2.92. The van der Waals surface area contributed by atoms with Crippen LogP contribution in [0.3, 0.4) is 0 Å². The van der Waals surface area contributed by atoms with Gasteiger partial charge in [-0.25, -0.2) is 5.01 Å². The molecule has 2 aliphatic rings. The Labute approximate surface area is 171 Å². The molecule has 2 heterocycles. The van der Waals surface area contributed by atoms with Gasteiger partial charge in [0.25, 0.3) is 0 Å². The Morgan fingerprint density at radius 1 is 1.31 bits per heavy atom. The smallest absolute Gasteiger partial charge is 0.420 e. The molecule has 2 fully saturated rings. The van der Waals surface area contributed by atoms with Crippen molar-refractivity contribution in [2.75, 3.05) is 13.1 Å². The number of fused-ring (bicyclic) bond motifs is 1. The number of benzene rings is 1. The Bertz CT molecular complexity index is 995. The number of alkyl halides is 3. The van der Waals surface area contributed by atoms with Gasteiger partial charge in [-0.2, -0.15) is 13.2 Å². The van der Waals surface area contributed by atoms with Gasteiger partial charge in [0.15, 0.2) is 0 Å². The zero-order valence-electron chi connectivity index (χ0n) is 16.1. The maximum Gasteiger partial charge on any atom is 0.420 e. The van der Waals surface area contributed by atoms with Gasteiger partial charge in [0, 0.05) is 18.0 Å². The second-order valence-corrected chi connectivity index (χ2v) is 8.14. The molecule has 5 nitrogen and oxygen atoms in total. The number of furan rings is 1. The number of amides is 1. The van der Waals surface area contributed by atoms with Crippen LogP contribution in [0.4, 0.5) is 13.2 Å². The molecule has 1 saturated heterocycles. The van der Waals surface area contributed by atoms with Gasteiger partial charge < -0.3 is 9.32 Å². The van der Waals surface area contributed by atoms with Crippen LogP contribution in [0, 0.1) is 0 Å². The van der Waals surface area contributed by atoms with Crippen LogP contribution in [0.1, 0.15) is 54.3 Å². The van der Waals surface area contributed by atoms with Gasteiger partial charge in [-0.3, -0.25) is 10.2 Å². The maximum absolute atomic E-state index is 13.6. The second kappa shape index (κ2) is 6.86. The molecule has 0 spiro atoms. The number of hydrazine groups is 1. The standard InChI is InChI=1S/C20H21ClF3N3O2/c1-10(2)26-6-7-27(25-11(26)3)19(28)18-16(21)14-8-13(12-4-5-12)9-15(17(14)29-18)20(22,23)24/h8-10,12,25H,3-7H2,1-2H3. The molecule has 1 aliphatic carbocycles. The van der Waals surface area contributed by atoms with E-state index in [0.717, 1.165) is 18.9 Å². The van der Waals surface area contributed by atoms with Crippen LogP contribution in [0.15, 0.2) is 28.9 Å². The van der Waals surface area contributed by atoms with E-state index in [4.69, 9.17) is 16.0 Å². The van der Waals surface area contributed by atoms with Gasteiger partial charge in [0.1, 0.15) is 16.4 Å². The van der Waals surface area contributed by atoms with Crippen LogP contribution in [0.25, 0.3) is 11.0 Å². The SMILES string of the molecule is C=C1NN(C(=O)c2oc3c(C(F)(F)F)cc(C4CC4)cc3c2Cl)CCN1C(C)C. The van der Waals surface area contributed by atoms with Crippen molar-refractivity contribution in [3.8, 4) is 0 Å². The normalized spacial score (nSPS) is 18.0. The zero-order chi connectivity index (χ0) is 21.1. The molecule has 1 aliphatic heterocycles. The quantitative estimate of drug-likeness (QED) is 0.738. The van der Waals surface area contributed by atoms with Crippen molar-refractivity contribution in [1.29, 1.82) is 0 Å². The van der Waals surface area contributed by atoms with Crippen LogP contribution < -0.4 is 5.43 Å². The highest BCUT2D eigenvalue weighted by Crippen LogP contribution is 2.46. The van der Waals surface area contributed by atoms with E-state index in [-0.39, 0.29) is 28.1 Å². The number of carbonyl (C=O) groups excluding carboxylic acids is 1. The highest BCUT2D eigenvalue weighted by atomic mass is 35.5. The zero-order valence-corrected chi connectivity index (χ0v) is 16.8. The van der Waals surface area contributed by atoms with E-state index >= 15 is 0 Å². The van der Waals surface area contributed by atoms with E-state index < -0.39 is 23.2 Å². The van der Waals surface area contributed by atoms with Gasteiger partial charge >= 0.3 is 12.1 Å². The average Bonchev–Trinajstić information content (AvgIpc) is 3.44. The molecule has 29 heavy (non-hydrogen) atoms. The molecule has 0 radical (unpaired) electrons. The van der Waals surface area contributed by atoms with Gasteiger partial charge in [0.05, 0.1) is 12.1 Å². The number of hydrogen-bond acceptors (Lipinski definition) is 4. The fraction of sp³-hybridized carbons (Fsp3) is 0.450. The van der Waals surface area contributed by atoms with Crippen molar-refractivity contribution in [1.82, 2.24) is 15.3 Å². The first kappa shape index (κ1) is 19.9. The molecule has 1 aromatic carbocycles. The lowest BCUT2D eigenvalue weighted by Crippen LogP contribution is -2.55. The molecule has 1 aromatic heterocycles. The van der Waals surface area contributed by atoms with Crippen molar-refractivity contribution in [2.24, 2.45) is 0 Å². The van der Waals surface area contributed by atoms with Crippen LogP contribution in [0.2, 0.25) is 5.02 Å². The molecule has 0 atom stereocenters. The largest absolute Gasteiger partial charge is 0.449 e. The lowest BCUT2D eigenvalue weighted by Gasteiger charge is -2.40. The summed E-state index contributed by atoms with van der Waals surface area (Å²) < 4.78 is 46.3. The summed E-state index contributed by atoms with van der Waals surface area (Å²) in [4.78, 5) is 14.9. The molecule has 1 saturated carbocycles. The summed E-state index contributed by atoms with van der Waals surface area (Å²) >= 11 is 6.34. The first-order valence-corrected chi connectivity index (χ1v) is 9.83. The summed E-state index contributed by atoms with van der Waals surface area (Å²) in [7, 11) is 0. The minimum Gasteiger partial charge on any atom is -0.449 e. The topological polar surface area (TPSA) is 48.7 Å². The monoisotopic (exact) mass is 427 g/mol. The summed E-state index contributed by atoms with van der Waals surface area (Å²) in [5.41, 5.74) is 2.14. The van der Waals surface area contributed by atoms with Crippen LogP contribution in [-0.4, -0.2) is 34.9 Å². The van der Waals surface area contributed by atoms with Gasteiger partial charge in [-0.15, -0.1) is 0 Å². The Hall–Kier alpha value is -2.35. The van der Waals surface area contributed by atoms with Crippen LogP contribution in [0.5, 0.6) is 0 Å². The Morgan fingerprint density at radius 2 is 2.00 bits per heavy atom. The molecular weight excluding hydrogens is 407 g/mol. The van der Waals surface area contributed by atoms with Crippen LogP contribution >= 0.6 is 11.6 Å². The van der Waals surface area contributed by atoms with E-state index in [1.54, 1.807) is 6.07 Å². The fourth-order valence-electron chi connectivity index (χ4n) is 3.66. The third-order valence-electron chi connectivity index (χ3n) is 5.34.